The number of nitrogens with two attached hydrogens (primary N) is 1. The molecule has 0 aromatic heterocycles. The second-order valence-corrected chi connectivity index (χ2v) is 10.9. The molecule has 1 saturated carbocycles. The van der Waals surface area contributed by atoms with E-state index in [1.807, 2.05) is 42.2 Å². The van der Waals surface area contributed by atoms with Crippen LogP contribution in [0.5, 0.6) is 0 Å². The van der Waals surface area contributed by atoms with Crippen molar-refractivity contribution in [2.45, 2.75) is 69.6 Å². The Morgan fingerprint density at radius 2 is 1.97 bits per heavy atom. The summed E-state index contributed by atoms with van der Waals surface area (Å²) in [4.78, 5) is 15.2. The molecule has 1 amide bonds. The predicted octanol–water partition coefficient (Wildman–Crippen LogP) is 4.14. The van der Waals surface area contributed by atoms with Crippen LogP contribution in [-0.2, 0) is 15.1 Å². The molecule has 1 aliphatic carbocycles. The minimum absolute atomic E-state index is 0.0106. The summed E-state index contributed by atoms with van der Waals surface area (Å²) in [6, 6.07) is 12.2. The molecule has 4 rings (SSSR count). The highest BCUT2D eigenvalue weighted by atomic mass is 19.1. The maximum Gasteiger partial charge on any atom is 0.225 e. The van der Waals surface area contributed by atoms with E-state index in [0.29, 0.717) is 55.6 Å². The van der Waals surface area contributed by atoms with Gasteiger partial charge in [0.15, 0.2) is 0 Å². The van der Waals surface area contributed by atoms with Gasteiger partial charge in [0.05, 0.1) is 11.7 Å². The average molecular weight is 513 g/mol. The molecule has 5 atom stereocenters. The Labute approximate surface area is 219 Å². The lowest BCUT2D eigenvalue weighted by atomic mass is 9.72. The fourth-order valence-electron chi connectivity index (χ4n) is 6.22. The first-order valence-electron chi connectivity index (χ1n) is 13.5. The third-order valence-corrected chi connectivity index (χ3v) is 8.30. The van der Waals surface area contributed by atoms with Crippen molar-refractivity contribution in [1.29, 1.82) is 0 Å². The van der Waals surface area contributed by atoms with Gasteiger partial charge in [0.1, 0.15) is 5.82 Å². The van der Waals surface area contributed by atoms with Crippen LogP contribution in [0, 0.1) is 24.6 Å². The molecule has 2 fully saturated rings. The highest BCUT2D eigenvalue weighted by Crippen LogP contribution is 2.44. The third-order valence-electron chi connectivity index (χ3n) is 8.30. The van der Waals surface area contributed by atoms with E-state index in [0.717, 1.165) is 31.2 Å². The molecule has 0 spiro atoms. The quantitative estimate of drug-likeness (QED) is 0.439. The zero-order valence-corrected chi connectivity index (χ0v) is 22.0. The van der Waals surface area contributed by atoms with Gasteiger partial charge in [0, 0.05) is 50.2 Å². The van der Waals surface area contributed by atoms with Gasteiger partial charge in [-0.2, -0.15) is 0 Å². The number of piperidine rings is 1. The summed E-state index contributed by atoms with van der Waals surface area (Å²) in [6.07, 6.45) is 3.79. The Balaban J connectivity index is 1.67. The standard InChI is InChI=1S/C30H41FN2O4/c1-20-11-12-26(31)24(16-20)23-9-3-4-10-25(23)30(36,13-5-6-15-37-2)22-8-7-14-33(19-22)29(35)21-17-27(32)28(34)18-21/h3-4,9-12,16,21-22,27-28,34,36H,5-8,13-15,17-19,32H2,1-2H3. The van der Waals surface area contributed by atoms with Gasteiger partial charge < -0.3 is 25.6 Å². The SMILES string of the molecule is COCCCCC(O)(c1ccccc1-c1cc(C)ccc1F)C1CCCN(C(=O)C2CC(N)C(O)C2)C1. The van der Waals surface area contributed by atoms with Gasteiger partial charge in [-0.3, -0.25) is 4.79 Å². The van der Waals surface area contributed by atoms with Crippen molar-refractivity contribution >= 4 is 5.91 Å². The number of carbonyl (C=O) groups excluding carboxylic acids is 1. The van der Waals surface area contributed by atoms with Gasteiger partial charge in [0.2, 0.25) is 5.91 Å². The zero-order chi connectivity index (χ0) is 26.6. The number of hydrogen-bond donors (Lipinski definition) is 3. The molecule has 1 aliphatic heterocycles. The van der Waals surface area contributed by atoms with E-state index in [4.69, 9.17) is 10.5 Å². The summed E-state index contributed by atoms with van der Waals surface area (Å²) in [6.45, 7) is 3.58. The fourth-order valence-corrected chi connectivity index (χ4v) is 6.22. The van der Waals surface area contributed by atoms with Crippen LogP contribution in [0.25, 0.3) is 11.1 Å². The van der Waals surface area contributed by atoms with Crippen LogP contribution in [0.2, 0.25) is 0 Å². The van der Waals surface area contributed by atoms with Crippen LogP contribution < -0.4 is 5.73 Å². The van der Waals surface area contributed by atoms with Gasteiger partial charge in [-0.05, 0) is 75.1 Å². The van der Waals surface area contributed by atoms with Gasteiger partial charge >= 0.3 is 0 Å². The molecular formula is C30H41FN2O4. The number of nitrogens with zero attached hydrogens (tertiary/aromatic N) is 1. The second kappa shape index (κ2) is 12.0. The van der Waals surface area contributed by atoms with Crippen molar-refractivity contribution in [3.05, 3.63) is 59.4 Å². The third kappa shape index (κ3) is 6.06. The molecule has 1 heterocycles. The number of benzene rings is 2. The number of methoxy groups -OCH3 is 1. The lowest BCUT2D eigenvalue weighted by molar-refractivity contribution is -0.141. The normalized spacial score (nSPS) is 25.7. The molecule has 202 valence electrons. The van der Waals surface area contributed by atoms with Crippen LogP contribution in [-0.4, -0.2) is 60.0 Å². The van der Waals surface area contributed by atoms with Crippen molar-refractivity contribution in [3.8, 4) is 11.1 Å². The number of ether oxygens (including phenoxy) is 1. The van der Waals surface area contributed by atoms with E-state index >= 15 is 4.39 Å². The molecule has 2 aromatic rings. The van der Waals surface area contributed by atoms with Crippen LogP contribution in [0.3, 0.4) is 0 Å². The zero-order valence-electron chi connectivity index (χ0n) is 22.0. The number of unbranched alkanes of at least 4 members (excludes halogenated alkanes) is 1. The number of aryl methyl sites for hydroxylation is 1. The predicted molar refractivity (Wildman–Crippen MR) is 142 cm³/mol. The average Bonchev–Trinajstić information content (AvgIpc) is 3.25. The molecule has 37 heavy (non-hydrogen) atoms. The van der Waals surface area contributed by atoms with Gasteiger partial charge in [0.25, 0.3) is 0 Å². The first-order valence-corrected chi connectivity index (χ1v) is 13.5. The van der Waals surface area contributed by atoms with E-state index in [1.54, 1.807) is 13.2 Å². The summed E-state index contributed by atoms with van der Waals surface area (Å²) < 4.78 is 20.3. The van der Waals surface area contributed by atoms with Crippen molar-refractivity contribution < 1.29 is 24.1 Å². The second-order valence-electron chi connectivity index (χ2n) is 10.9. The first-order chi connectivity index (χ1) is 17.7. The van der Waals surface area contributed by atoms with Crippen molar-refractivity contribution in [2.75, 3.05) is 26.8 Å². The molecule has 2 aromatic carbocycles. The number of aliphatic hydroxyl groups is 2. The maximum absolute atomic E-state index is 15.0. The van der Waals surface area contributed by atoms with E-state index in [9.17, 15) is 15.0 Å². The number of rotatable bonds is 9. The Bertz CT molecular complexity index is 1070. The van der Waals surface area contributed by atoms with Crippen LogP contribution in [0.15, 0.2) is 42.5 Å². The van der Waals surface area contributed by atoms with Gasteiger partial charge in [-0.15, -0.1) is 0 Å². The van der Waals surface area contributed by atoms with Crippen molar-refractivity contribution in [1.82, 2.24) is 4.90 Å². The summed E-state index contributed by atoms with van der Waals surface area (Å²) in [5.41, 5.74) is 7.55. The molecule has 0 bridgehead atoms. The van der Waals surface area contributed by atoms with Crippen molar-refractivity contribution in [2.24, 2.45) is 17.6 Å². The van der Waals surface area contributed by atoms with E-state index in [2.05, 4.69) is 0 Å². The minimum atomic E-state index is -1.24. The lowest BCUT2D eigenvalue weighted by Crippen LogP contribution is -2.49. The Kier molecular flexibility index (Phi) is 9.01. The summed E-state index contributed by atoms with van der Waals surface area (Å²) in [5, 5.41) is 22.6. The maximum atomic E-state index is 15.0. The minimum Gasteiger partial charge on any atom is -0.391 e. The number of likely N-dealkylation sites (tertiary alicyclic amines) is 1. The Morgan fingerprint density at radius 1 is 1.19 bits per heavy atom. The van der Waals surface area contributed by atoms with Crippen LogP contribution >= 0.6 is 0 Å². The lowest BCUT2D eigenvalue weighted by Gasteiger charge is -2.44. The first kappa shape index (κ1) is 27.7. The van der Waals surface area contributed by atoms with Crippen LogP contribution in [0.1, 0.15) is 56.1 Å². The largest absolute Gasteiger partial charge is 0.391 e. The number of halogens is 1. The highest BCUT2D eigenvalue weighted by molar-refractivity contribution is 5.79. The Morgan fingerprint density at radius 3 is 2.70 bits per heavy atom. The van der Waals surface area contributed by atoms with E-state index < -0.39 is 11.7 Å². The molecule has 6 nitrogen and oxygen atoms in total. The smallest absolute Gasteiger partial charge is 0.225 e. The summed E-state index contributed by atoms with van der Waals surface area (Å²) >= 11 is 0. The van der Waals surface area contributed by atoms with Crippen LogP contribution in [0.4, 0.5) is 4.39 Å². The number of amides is 1. The molecule has 1 saturated heterocycles. The molecule has 2 aliphatic rings. The summed E-state index contributed by atoms with van der Waals surface area (Å²) in [5.74, 6) is -0.804. The number of aliphatic hydroxyl groups excluding tert-OH is 1. The number of hydrogen-bond acceptors (Lipinski definition) is 5. The fraction of sp³-hybridized carbons (Fsp3) is 0.567. The van der Waals surface area contributed by atoms with E-state index in [1.165, 1.54) is 6.07 Å². The van der Waals surface area contributed by atoms with E-state index in [-0.39, 0.29) is 29.6 Å². The molecule has 5 unspecified atom stereocenters. The highest BCUT2D eigenvalue weighted by Gasteiger charge is 2.44. The Hall–Kier alpha value is -2.32. The molecular weight excluding hydrogens is 471 g/mol. The molecule has 7 heteroatoms. The topological polar surface area (TPSA) is 96.0 Å². The van der Waals surface area contributed by atoms with Crippen molar-refractivity contribution in [3.63, 3.8) is 0 Å². The summed E-state index contributed by atoms with van der Waals surface area (Å²) in [7, 11) is 1.67. The van der Waals surface area contributed by atoms with Gasteiger partial charge in [-0.25, -0.2) is 4.39 Å². The number of carbonyl (C=O) groups is 1. The molecule has 0 radical (unpaired) electrons. The van der Waals surface area contributed by atoms with Gasteiger partial charge in [-0.1, -0.05) is 35.9 Å². The molecule has 4 N–H and O–H groups in total. The monoisotopic (exact) mass is 512 g/mol.